The van der Waals surface area contributed by atoms with Crippen LogP contribution in [-0.2, 0) is 9.53 Å². The molecule has 0 aromatic heterocycles. The summed E-state index contributed by atoms with van der Waals surface area (Å²) in [6.07, 6.45) is -0.671. The molecule has 0 radical (unpaired) electrons. The van der Waals surface area contributed by atoms with Crippen molar-refractivity contribution in [2.45, 2.75) is 20.0 Å². The molecule has 1 fully saturated rings. The van der Waals surface area contributed by atoms with Gasteiger partial charge in [0.1, 0.15) is 5.82 Å². The Morgan fingerprint density at radius 2 is 2.15 bits per heavy atom. The zero-order valence-electron chi connectivity index (χ0n) is 11.0. The van der Waals surface area contributed by atoms with Gasteiger partial charge in [0.25, 0.3) is 5.91 Å². The van der Waals surface area contributed by atoms with Gasteiger partial charge in [-0.1, -0.05) is 26.0 Å². The average Bonchev–Trinajstić information content (AvgIpc) is 2.73. The lowest BCUT2D eigenvalue weighted by molar-refractivity contribution is -0.124. The first-order valence-corrected chi connectivity index (χ1v) is 6.09. The Labute approximate surface area is 115 Å². The first kappa shape index (κ1) is 14.0. The third kappa shape index (κ3) is 3.11. The summed E-state index contributed by atoms with van der Waals surface area (Å²) in [6, 6.07) is 4.69. The minimum atomic E-state index is -0.824. The number of rotatable bonds is 2. The van der Waals surface area contributed by atoms with Crippen molar-refractivity contribution in [3.8, 4) is 0 Å². The highest BCUT2D eigenvalue weighted by atomic mass is 19.1. The van der Waals surface area contributed by atoms with Crippen molar-refractivity contribution in [1.82, 2.24) is 5.32 Å². The molecule has 2 N–H and O–H groups in total. The Hall–Kier alpha value is -2.44. The predicted octanol–water partition coefficient (Wildman–Crippen LogP) is 1.88. The number of para-hydroxylation sites is 1. The molecule has 1 atom stereocenters. The van der Waals surface area contributed by atoms with Crippen LogP contribution in [0.15, 0.2) is 29.3 Å². The first-order chi connectivity index (χ1) is 9.47. The quantitative estimate of drug-likeness (QED) is 0.867. The lowest BCUT2D eigenvalue weighted by Crippen LogP contribution is -2.28. The second kappa shape index (κ2) is 5.68. The molecule has 20 heavy (non-hydrogen) atoms. The Morgan fingerprint density at radius 3 is 2.75 bits per heavy atom. The van der Waals surface area contributed by atoms with E-state index < -0.39 is 18.0 Å². The van der Waals surface area contributed by atoms with Gasteiger partial charge in [-0.2, -0.15) is 0 Å². The molecule has 1 heterocycles. The molecule has 0 spiro atoms. The van der Waals surface area contributed by atoms with E-state index in [0.29, 0.717) is 0 Å². The van der Waals surface area contributed by atoms with Gasteiger partial charge in [0, 0.05) is 0 Å². The molecular formula is C13H14FN3O3. The Balaban J connectivity index is 2.03. The fraction of sp³-hybridized carbons (Fsp3) is 0.308. The highest BCUT2D eigenvalue weighted by Crippen LogP contribution is 2.14. The molecular weight excluding hydrogens is 265 g/mol. The number of urea groups is 1. The number of carbonyl (C=O) groups is 2. The summed E-state index contributed by atoms with van der Waals surface area (Å²) >= 11 is 0. The Kier molecular flexibility index (Phi) is 3.97. The third-order valence-electron chi connectivity index (χ3n) is 2.65. The second-order valence-electron chi connectivity index (χ2n) is 4.60. The minimum absolute atomic E-state index is 0.00610. The Bertz CT molecular complexity index is 572. The summed E-state index contributed by atoms with van der Waals surface area (Å²) in [5, 5.41) is 4.61. The van der Waals surface area contributed by atoms with Crippen molar-refractivity contribution in [2.24, 2.45) is 10.9 Å². The van der Waals surface area contributed by atoms with Gasteiger partial charge in [-0.05, 0) is 18.1 Å². The Morgan fingerprint density at radius 1 is 1.45 bits per heavy atom. The number of nitrogens with zero attached hydrogens (tertiary/aromatic N) is 1. The van der Waals surface area contributed by atoms with E-state index in [0.717, 1.165) is 0 Å². The number of carbonyl (C=O) groups excluding carboxylic acids is 2. The summed E-state index contributed by atoms with van der Waals surface area (Å²) in [7, 11) is 0. The van der Waals surface area contributed by atoms with Crippen LogP contribution < -0.4 is 10.6 Å². The summed E-state index contributed by atoms with van der Waals surface area (Å²) < 4.78 is 18.5. The van der Waals surface area contributed by atoms with Crippen molar-refractivity contribution in [1.29, 1.82) is 0 Å². The highest BCUT2D eigenvalue weighted by molar-refractivity contribution is 6.07. The van der Waals surface area contributed by atoms with Crippen molar-refractivity contribution in [2.75, 3.05) is 5.32 Å². The van der Waals surface area contributed by atoms with E-state index in [1.54, 1.807) is 6.07 Å². The molecule has 1 aromatic rings. The van der Waals surface area contributed by atoms with E-state index in [1.165, 1.54) is 18.2 Å². The SMILES string of the molecule is CC(C)[C@H]1OC(=NC(=O)Nc2ccccc2F)NC1=O. The lowest BCUT2D eigenvalue weighted by Gasteiger charge is -2.09. The molecule has 0 aliphatic carbocycles. The molecule has 6 nitrogen and oxygen atoms in total. The van der Waals surface area contributed by atoms with Crippen molar-refractivity contribution >= 4 is 23.6 Å². The van der Waals surface area contributed by atoms with Crippen LogP contribution in [0, 0.1) is 11.7 Å². The first-order valence-electron chi connectivity index (χ1n) is 6.09. The van der Waals surface area contributed by atoms with Crippen LogP contribution in [0.2, 0.25) is 0 Å². The van der Waals surface area contributed by atoms with Crippen LogP contribution in [0.1, 0.15) is 13.8 Å². The van der Waals surface area contributed by atoms with Gasteiger partial charge >= 0.3 is 12.1 Å². The van der Waals surface area contributed by atoms with Crippen LogP contribution in [0.25, 0.3) is 0 Å². The largest absolute Gasteiger partial charge is 0.451 e. The highest BCUT2D eigenvalue weighted by Gasteiger charge is 2.33. The number of nitrogens with one attached hydrogen (secondary N) is 2. The van der Waals surface area contributed by atoms with E-state index >= 15 is 0 Å². The molecule has 2 rings (SSSR count). The molecule has 1 aromatic carbocycles. The monoisotopic (exact) mass is 279 g/mol. The molecule has 7 heteroatoms. The van der Waals surface area contributed by atoms with Gasteiger partial charge in [-0.25, -0.2) is 9.18 Å². The number of hydrogen-bond acceptors (Lipinski definition) is 3. The van der Waals surface area contributed by atoms with Gasteiger partial charge in [0.2, 0.25) is 0 Å². The van der Waals surface area contributed by atoms with Crippen LogP contribution in [0.3, 0.4) is 0 Å². The minimum Gasteiger partial charge on any atom is -0.451 e. The summed E-state index contributed by atoms with van der Waals surface area (Å²) in [6.45, 7) is 3.62. The number of amides is 3. The van der Waals surface area contributed by atoms with Crippen molar-refractivity contribution in [3.05, 3.63) is 30.1 Å². The standard InChI is InChI=1S/C13H14FN3O3/c1-7(2)10-11(18)16-13(20-10)17-12(19)15-9-6-4-3-5-8(9)14/h3-7,10H,1-2H3,(H2,15,16,17,18,19)/t10-/m1/s1. The molecule has 0 saturated carbocycles. The van der Waals surface area contributed by atoms with E-state index in [2.05, 4.69) is 15.6 Å². The van der Waals surface area contributed by atoms with Gasteiger partial charge in [-0.3, -0.25) is 10.1 Å². The van der Waals surface area contributed by atoms with Crippen LogP contribution >= 0.6 is 0 Å². The number of ether oxygens (including phenoxy) is 1. The molecule has 3 amide bonds. The number of halogens is 1. The zero-order valence-corrected chi connectivity index (χ0v) is 11.0. The number of aliphatic imine (C=N–C) groups is 1. The maximum Gasteiger partial charge on any atom is 0.350 e. The topological polar surface area (TPSA) is 79.8 Å². The van der Waals surface area contributed by atoms with Crippen LogP contribution in [-0.4, -0.2) is 24.1 Å². The number of benzene rings is 1. The maximum absolute atomic E-state index is 13.3. The maximum atomic E-state index is 13.3. The molecule has 0 bridgehead atoms. The summed E-state index contributed by atoms with van der Waals surface area (Å²) in [5.74, 6) is -0.966. The second-order valence-corrected chi connectivity index (χ2v) is 4.60. The number of amidine groups is 1. The van der Waals surface area contributed by atoms with E-state index in [9.17, 15) is 14.0 Å². The summed E-state index contributed by atoms with van der Waals surface area (Å²) in [5.41, 5.74) is 0.00610. The normalized spacial score (nSPS) is 19.9. The predicted molar refractivity (Wildman–Crippen MR) is 70.7 cm³/mol. The van der Waals surface area contributed by atoms with Crippen molar-refractivity contribution < 1.29 is 18.7 Å². The lowest BCUT2D eigenvalue weighted by atomic mass is 10.1. The van der Waals surface area contributed by atoms with E-state index in [4.69, 9.17) is 4.74 Å². The fourth-order valence-electron chi connectivity index (χ4n) is 1.67. The van der Waals surface area contributed by atoms with Crippen LogP contribution in [0.4, 0.5) is 14.9 Å². The van der Waals surface area contributed by atoms with Crippen LogP contribution in [0.5, 0.6) is 0 Å². The molecule has 0 unspecified atom stereocenters. The molecule has 1 saturated heterocycles. The van der Waals surface area contributed by atoms with Gasteiger partial charge in [0.05, 0.1) is 5.69 Å². The fourth-order valence-corrected chi connectivity index (χ4v) is 1.67. The molecule has 106 valence electrons. The number of anilines is 1. The smallest absolute Gasteiger partial charge is 0.350 e. The number of hydrogen-bond donors (Lipinski definition) is 2. The average molecular weight is 279 g/mol. The van der Waals surface area contributed by atoms with Crippen molar-refractivity contribution in [3.63, 3.8) is 0 Å². The van der Waals surface area contributed by atoms with E-state index in [-0.39, 0.29) is 23.5 Å². The third-order valence-corrected chi connectivity index (χ3v) is 2.65. The van der Waals surface area contributed by atoms with Gasteiger partial charge in [0.15, 0.2) is 6.10 Å². The van der Waals surface area contributed by atoms with Gasteiger partial charge < -0.3 is 10.1 Å². The summed E-state index contributed by atoms with van der Waals surface area (Å²) in [4.78, 5) is 26.7. The van der Waals surface area contributed by atoms with E-state index in [1.807, 2.05) is 13.8 Å². The zero-order chi connectivity index (χ0) is 14.7. The molecule has 1 aliphatic heterocycles. The molecule has 1 aliphatic rings. The van der Waals surface area contributed by atoms with Gasteiger partial charge in [-0.15, -0.1) is 4.99 Å².